The van der Waals surface area contributed by atoms with Crippen LogP contribution in [-0.4, -0.2) is 110 Å². The van der Waals surface area contributed by atoms with Gasteiger partial charge < -0.3 is 19.5 Å². The minimum atomic E-state index is -3.32. The SMILES string of the molecule is COCCN1CCC(N(C)S(=O)(=O)CCCN2[C@@H]3CC[C@H]2CC(NC(=O)c2cc4ccccc4n(C(C)C)c2=O)C3)CC1. The van der Waals surface area contributed by atoms with Gasteiger partial charge in [-0.15, -0.1) is 0 Å². The van der Waals surface area contributed by atoms with Gasteiger partial charge in [0.15, 0.2) is 0 Å². The summed E-state index contributed by atoms with van der Waals surface area (Å²) in [5.74, 6) is -0.144. The van der Waals surface area contributed by atoms with E-state index in [0.29, 0.717) is 25.1 Å². The van der Waals surface area contributed by atoms with Crippen LogP contribution in [0.15, 0.2) is 35.1 Å². The summed E-state index contributed by atoms with van der Waals surface area (Å²) in [5, 5.41) is 4.06. The standard InChI is InChI=1S/C32H49N5O5S/c1-23(2)37-30-9-6-5-8-24(30)20-29(32(37)39)31(38)33-25-21-27-10-11-28(22-25)36(27)14-7-19-43(40,41)34(3)26-12-15-35(16-13-26)17-18-42-4/h5-6,8-9,20,23,25-28H,7,10-19,21-22H2,1-4H3,(H,33,38)/t25?,27-,28+. The van der Waals surface area contributed by atoms with Crippen molar-refractivity contribution in [2.24, 2.45) is 0 Å². The minimum Gasteiger partial charge on any atom is -0.383 e. The lowest BCUT2D eigenvalue weighted by Crippen LogP contribution is -2.51. The summed E-state index contributed by atoms with van der Waals surface area (Å²) < 4.78 is 34.9. The number of hydrogen-bond donors (Lipinski definition) is 1. The minimum absolute atomic E-state index is 0.00393. The Kier molecular flexibility index (Phi) is 10.3. The van der Waals surface area contributed by atoms with E-state index in [-0.39, 0.29) is 40.9 Å². The van der Waals surface area contributed by atoms with E-state index in [0.717, 1.165) is 75.6 Å². The quantitative estimate of drug-likeness (QED) is 0.392. The number of ether oxygens (including phenoxy) is 1. The zero-order valence-electron chi connectivity index (χ0n) is 26.2. The molecule has 0 saturated carbocycles. The molecule has 1 amide bonds. The molecule has 3 atom stereocenters. The number of piperidine rings is 2. The van der Waals surface area contributed by atoms with E-state index in [1.807, 2.05) is 38.1 Å². The molecule has 43 heavy (non-hydrogen) atoms. The molecule has 3 aliphatic heterocycles. The highest BCUT2D eigenvalue weighted by Gasteiger charge is 2.41. The topological polar surface area (TPSA) is 104 Å². The van der Waals surface area contributed by atoms with E-state index in [1.54, 1.807) is 29.1 Å². The molecule has 3 saturated heterocycles. The summed E-state index contributed by atoms with van der Waals surface area (Å²) in [7, 11) is 0.128. The number of amides is 1. The number of carbonyl (C=O) groups excluding carboxylic acids is 1. The fraction of sp³-hybridized carbons (Fsp3) is 0.688. The number of pyridine rings is 1. The molecule has 238 valence electrons. The molecule has 0 aliphatic carbocycles. The van der Waals surface area contributed by atoms with Crippen molar-refractivity contribution in [1.29, 1.82) is 0 Å². The number of carbonyl (C=O) groups is 1. The highest BCUT2D eigenvalue weighted by Crippen LogP contribution is 2.36. The van der Waals surface area contributed by atoms with Crippen molar-refractivity contribution < 1.29 is 17.9 Å². The number of sulfonamides is 1. The van der Waals surface area contributed by atoms with Crippen LogP contribution in [0, 0.1) is 0 Å². The highest BCUT2D eigenvalue weighted by atomic mass is 32.2. The molecule has 1 aromatic heterocycles. The van der Waals surface area contributed by atoms with Gasteiger partial charge in [-0.05, 0) is 95.9 Å². The van der Waals surface area contributed by atoms with Crippen molar-refractivity contribution in [1.82, 2.24) is 24.0 Å². The van der Waals surface area contributed by atoms with Gasteiger partial charge in [-0.25, -0.2) is 12.7 Å². The van der Waals surface area contributed by atoms with Gasteiger partial charge in [-0.2, -0.15) is 0 Å². The van der Waals surface area contributed by atoms with Crippen LogP contribution in [0.1, 0.15) is 75.2 Å². The van der Waals surface area contributed by atoms with Crippen molar-refractivity contribution in [3.63, 3.8) is 0 Å². The third-order valence-corrected chi connectivity index (χ3v) is 11.8. The molecule has 3 aliphatic rings. The Labute approximate surface area is 256 Å². The molecule has 10 nitrogen and oxygen atoms in total. The highest BCUT2D eigenvalue weighted by molar-refractivity contribution is 7.89. The number of hydrogen-bond acceptors (Lipinski definition) is 7. The van der Waals surface area contributed by atoms with Crippen molar-refractivity contribution in [2.75, 3.05) is 52.7 Å². The van der Waals surface area contributed by atoms with Crippen LogP contribution in [0.4, 0.5) is 0 Å². The van der Waals surface area contributed by atoms with Gasteiger partial charge in [-0.1, -0.05) is 18.2 Å². The van der Waals surface area contributed by atoms with Gasteiger partial charge in [0, 0.05) is 50.9 Å². The molecule has 0 spiro atoms. The number of fused-ring (bicyclic) bond motifs is 3. The van der Waals surface area contributed by atoms with Crippen LogP contribution in [0.2, 0.25) is 0 Å². The lowest BCUT2D eigenvalue weighted by Gasteiger charge is -2.39. The zero-order valence-corrected chi connectivity index (χ0v) is 27.0. The normalized spacial score (nSPS) is 23.9. The summed E-state index contributed by atoms with van der Waals surface area (Å²) in [6.07, 6.45) is 6.07. The Hall–Kier alpha value is -2.31. The number of rotatable bonds is 12. The van der Waals surface area contributed by atoms with Gasteiger partial charge in [0.2, 0.25) is 10.0 Å². The Balaban J connectivity index is 1.13. The Morgan fingerprint density at radius 1 is 1.07 bits per heavy atom. The molecule has 1 N–H and O–H groups in total. The average Bonchev–Trinajstić information content (AvgIpc) is 3.22. The van der Waals surface area contributed by atoms with E-state index in [9.17, 15) is 18.0 Å². The first kappa shape index (κ1) is 32.1. The lowest BCUT2D eigenvalue weighted by atomic mass is 9.96. The first-order valence-electron chi connectivity index (χ1n) is 16.0. The first-order chi connectivity index (χ1) is 20.6. The Morgan fingerprint density at radius 3 is 2.40 bits per heavy atom. The van der Waals surface area contributed by atoms with Gasteiger partial charge >= 0.3 is 0 Å². The number of methoxy groups -OCH3 is 1. The van der Waals surface area contributed by atoms with Crippen molar-refractivity contribution in [3.05, 3.63) is 46.2 Å². The lowest BCUT2D eigenvalue weighted by molar-refractivity contribution is 0.0844. The Morgan fingerprint density at radius 2 is 1.74 bits per heavy atom. The molecule has 0 radical (unpaired) electrons. The van der Waals surface area contributed by atoms with Crippen LogP contribution < -0.4 is 10.9 Å². The molecular weight excluding hydrogens is 566 g/mol. The second kappa shape index (κ2) is 13.8. The molecular formula is C32H49N5O5S. The number of nitrogens with zero attached hydrogens (tertiary/aromatic N) is 4. The van der Waals surface area contributed by atoms with Crippen LogP contribution in [0.25, 0.3) is 10.9 Å². The third-order valence-electron chi connectivity index (χ3n) is 9.87. The number of nitrogens with one attached hydrogen (secondary N) is 1. The second-order valence-corrected chi connectivity index (χ2v) is 15.0. The molecule has 3 fully saturated rings. The third kappa shape index (κ3) is 7.17. The maximum Gasteiger partial charge on any atom is 0.264 e. The molecule has 2 aromatic rings. The summed E-state index contributed by atoms with van der Waals surface area (Å²) in [5.41, 5.74) is 0.772. The van der Waals surface area contributed by atoms with E-state index in [1.165, 1.54) is 0 Å². The zero-order chi connectivity index (χ0) is 30.7. The average molecular weight is 616 g/mol. The summed E-state index contributed by atoms with van der Waals surface area (Å²) in [4.78, 5) is 31.5. The van der Waals surface area contributed by atoms with Gasteiger partial charge in [-0.3, -0.25) is 14.5 Å². The van der Waals surface area contributed by atoms with Crippen LogP contribution in [-0.2, 0) is 14.8 Å². The molecule has 2 bridgehead atoms. The van der Waals surface area contributed by atoms with Crippen LogP contribution in [0.5, 0.6) is 0 Å². The largest absolute Gasteiger partial charge is 0.383 e. The maximum atomic E-state index is 13.4. The molecule has 5 rings (SSSR count). The maximum absolute atomic E-state index is 13.4. The van der Waals surface area contributed by atoms with Crippen molar-refractivity contribution in [3.8, 4) is 0 Å². The monoisotopic (exact) mass is 615 g/mol. The molecule has 1 aromatic carbocycles. The summed E-state index contributed by atoms with van der Waals surface area (Å²) in [6.45, 7) is 8.07. The number of benzene rings is 1. The number of para-hydroxylation sites is 1. The first-order valence-corrected chi connectivity index (χ1v) is 17.6. The molecule has 11 heteroatoms. The van der Waals surface area contributed by atoms with E-state index in [2.05, 4.69) is 15.1 Å². The fourth-order valence-electron chi connectivity index (χ4n) is 7.51. The predicted octanol–water partition coefficient (Wildman–Crippen LogP) is 3.07. The molecule has 1 unspecified atom stereocenters. The fourth-order valence-corrected chi connectivity index (χ4v) is 8.96. The Bertz CT molecular complexity index is 1420. The second-order valence-electron chi connectivity index (χ2n) is 12.9. The van der Waals surface area contributed by atoms with Gasteiger partial charge in [0.25, 0.3) is 11.5 Å². The van der Waals surface area contributed by atoms with Crippen LogP contribution in [0.3, 0.4) is 0 Å². The molecule has 4 heterocycles. The summed E-state index contributed by atoms with van der Waals surface area (Å²) >= 11 is 0. The van der Waals surface area contributed by atoms with Crippen molar-refractivity contribution >= 4 is 26.8 Å². The predicted molar refractivity (Wildman–Crippen MR) is 170 cm³/mol. The number of likely N-dealkylation sites (tertiary alicyclic amines) is 1. The number of aromatic nitrogens is 1. The van der Waals surface area contributed by atoms with Gasteiger partial charge in [0.05, 0.1) is 17.9 Å². The van der Waals surface area contributed by atoms with Gasteiger partial charge in [0.1, 0.15) is 5.56 Å². The summed E-state index contributed by atoms with van der Waals surface area (Å²) in [6, 6.07) is 10.1. The van der Waals surface area contributed by atoms with E-state index in [4.69, 9.17) is 4.74 Å². The van der Waals surface area contributed by atoms with E-state index >= 15 is 0 Å². The smallest absolute Gasteiger partial charge is 0.264 e. The van der Waals surface area contributed by atoms with Crippen molar-refractivity contribution in [2.45, 2.75) is 89.0 Å². The van der Waals surface area contributed by atoms with E-state index < -0.39 is 10.0 Å². The van der Waals surface area contributed by atoms with Crippen LogP contribution >= 0.6 is 0 Å².